The van der Waals surface area contributed by atoms with E-state index < -0.39 is 5.97 Å². The molecule has 4 fully saturated rings. The molecule has 0 aliphatic heterocycles. The summed E-state index contributed by atoms with van der Waals surface area (Å²) < 4.78 is 0. The number of nitrogens with zero attached hydrogens (tertiary/aromatic N) is 1. The first-order valence-electron chi connectivity index (χ1n) is 8.36. The van der Waals surface area contributed by atoms with Crippen LogP contribution in [0.4, 0.5) is 0 Å². The SMILES string of the molecule is N#C[C@]12CC3CC(C1)[C@](CC(=O)O)(c1ccc(Cl)cc1)C(C3)C2. The second-order valence-corrected chi connectivity index (χ2v) is 8.29. The highest BCUT2D eigenvalue weighted by atomic mass is 35.5. The van der Waals surface area contributed by atoms with Crippen molar-refractivity contribution in [2.24, 2.45) is 23.2 Å². The molecule has 4 saturated carbocycles. The van der Waals surface area contributed by atoms with Crippen LogP contribution in [0.3, 0.4) is 0 Å². The van der Waals surface area contributed by atoms with Gasteiger partial charge in [0.15, 0.2) is 0 Å². The van der Waals surface area contributed by atoms with Crippen molar-refractivity contribution < 1.29 is 9.90 Å². The first kappa shape index (κ1) is 15.0. The standard InChI is InChI=1S/C19H20ClNO2/c20-16-3-1-13(2-4-16)19(10-17(22)23)14-5-12-6-15(19)9-18(7-12,8-14)11-21/h1-4,12,14-15H,5-10H2,(H,22,23)/t12?,14?,15?,18-,19+. The summed E-state index contributed by atoms with van der Waals surface area (Å²) in [6, 6.07) is 10.3. The van der Waals surface area contributed by atoms with Gasteiger partial charge >= 0.3 is 5.97 Å². The first-order valence-corrected chi connectivity index (χ1v) is 8.74. The third-order valence-corrected chi connectivity index (χ3v) is 6.96. The highest BCUT2D eigenvalue weighted by Crippen LogP contribution is 2.68. The number of carbonyl (C=O) groups is 1. The summed E-state index contributed by atoms with van der Waals surface area (Å²) in [4.78, 5) is 11.7. The van der Waals surface area contributed by atoms with Gasteiger partial charge in [-0.25, -0.2) is 0 Å². The van der Waals surface area contributed by atoms with E-state index in [0.717, 1.165) is 37.7 Å². The maximum Gasteiger partial charge on any atom is 0.304 e. The Balaban J connectivity index is 1.83. The Morgan fingerprint density at radius 3 is 2.35 bits per heavy atom. The summed E-state index contributed by atoms with van der Waals surface area (Å²) in [5.41, 5.74) is 0.574. The van der Waals surface area contributed by atoms with Gasteiger partial charge in [-0.3, -0.25) is 4.79 Å². The average Bonchev–Trinajstić information content (AvgIpc) is 2.51. The van der Waals surface area contributed by atoms with Crippen LogP contribution < -0.4 is 0 Å². The van der Waals surface area contributed by atoms with Gasteiger partial charge in [0.25, 0.3) is 0 Å². The van der Waals surface area contributed by atoms with E-state index in [1.54, 1.807) is 0 Å². The fourth-order valence-corrected chi connectivity index (χ4v) is 6.23. The average molecular weight is 330 g/mol. The summed E-state index contributed by atoms with van der Waals surface area (Å²) in [5.74, 6) is 0.455. The van der Waals surface area contributed by atoms with Gasteiger partial charge < -0.3 is 5.11 Å². The molecule has 2 unspecified atom stereocenters. The number of nitriles is 1. The lowest BCUT2D eigenvalue weighted by atomic mass is 9.39. The Labute approximate surface area is 141 Å². The third kappa shape index (κ3) is 2.11. The zero-order valence-electron chi connectivity index (χ0n) is 13.0. The molecular formula is C19H20ClNO2. The van der Waals surface area contributed by atoms with Gasteiger partial charge in [0.05, 0.1) is 17.9 Å². The molecule has 1 aromatic carbocycles. The van der Waals surface area contributed by atoms with Crippen LogP contribution >= 0.6 is 11.6 Å². The minimum Gasteiger partial charge on any atom is -0.481 e. The van der Waals surface area contributed by atoms with Crippen molar-refractivity contribution in [2.75, 3.05) is 0 Å². The second kappa shape index (κ2) is 4.98. The van der Waals surface area contributed by atoms with Crippen molar-refractivity contribution in [3.05, 3.63) is 34.9 Å². The number of aliphatic carboxylic acids is 1. The van der Waals surface area contributed by atoms with E-state index in [0.29, 0.717) is 22.8 Å². The van der Waals surface area contributed by atoms with Gasteiger partial charge in [0.1, 0.15) is 0 Å². The second-order valence-electron chi connectivity index (χ2n) is 7.85. The fourth-order valence-electron chi connectivity index (χ4n) is 6.11. The number of halogens is 1. The molecule has 4 heteroatoms. The summed E-state index contributed by atoms with van der Waals surface area (Å²) in [7, 11) is 0. The number of hydrogen-bond donors (Lipinski definition) is 1. The van der Waals surface area contributed by atoms with E-state index in [1.165, 1.54) is 0 Å². The summed E-state index contributed by atoms with van der Waals surface area (Å²) in [6.45, 7) is 0. The van der Waals surface area contributed by atoms with Crippen molar-refractivity contribution in [3.8, 4) is 6.07 Å². The van der Waals surface area contributed by atoms with E-state index in [2.05, 4.69) is 6.07 Å². The maximum absolute atomic E-state index is 11.7. The Hall–Kier alpha value is -1.53. The van der Waals surface area contributed by atoms with Crippen LogP contribution in [0.5, 0.6) is 0 Å². The molecule has 4 aliphatic carbocycles. The van der Waals surface area contributed by atoms with E-state index in [9.17, 15) is 15.2 Å². The van der Waals surface area contributed by atoms with Crippen LogP contribution in [-0.4, -0.2) is 11.1 Å². The fraction of sp³-hybridized carbons (Fsp3) is 0.579. The Kier molecular flexibility index (Phi) is 3.25. The largest absolute Gasteiger partial charge is 0.481 e. The van der Waals surface area contributed by atoms with Gasteiger partial charge in [-0.15, -0.1) is 0 Å². The van der Waals surface area contributed by atoms with E-state index in [1.807, 2.05) is 24.3 Å². The lowest BCUT2D eigenvalue weighted by Gasteiger charge is -2.63. The Morgan fingerprint density at radius 1 is 1.22 bits per heavy atom. The van der Waals surface area contributed by atoms with E-state index in [4.69, 9.17) is 11.6 Å². The lowest BCUT2D eigenvalue weighted by molar-refractivity contribution is -0.147. The first-order chi connectivity index (χ1) is 11.0. The van der Waals surface area contributed by atoms with Gasteiger partial charge in [-0.1, -0.05) is 23.7 Å². The molecule has 0 saturated heterocycles. The predicted octanol–water partition coefficient (Wildman–Crippen LogP) is 4.40. The monoisotopic (exact) mass is 329 g/mol. The molecule has 5 rings (SSSR count). The van der Waals surface area contributed by atoms with Crippen molar-refractivity contribution >= 4 is 17.6 Å². The lowest BCUT2D eigenvalue weighted by Crippen LogP contribution is -2.59. The maximum atomic E-state index is 11.7. The van der Waals surface area contributed by atoms with Crippen molar-refractivity contribution in [1.29, 1.82) is 5.26 Å². The van der Waals surface area contributed by atoms with Gasteiger partial charge in [0.2, 0.25) is 0 Å². The highest BCUT2D eigenvalue weighted by molar-refractivity contribution is 6.30. The van der Waals surface area contributed by atoms with Gasteiger partial charge in [0, 0.05) is 10.4 Å². The van der Waals surface area contributed by atoms with Crippen LogP contribution in [-0.2, 0) is 10.2 Å². The number of carboxylic acid groups (broad SMARTS) is 1. The zero-order chi connectivity index (χ0) is 16.2. The van der Waals surface area contributed by atoms with Gasteiger partial charge in [-0.2, -0.15) is 5.26 Å². The molecule has 1 aromatic rings. The molecule has 2 atom stereocenters. The van der Waals surface area contributed by atoms with Crippen molar-refractivity contribution in [1.82, 2.24) is 0 Å². The molecule has 0 spiro atoms. The molecule has 120 valence electrons. The zero-order valence-corrected chi connectivity index (χ0v) is 13.7. The number of hydrogen-bond acceptors (Lipinski definition) is 2. The Morgan fingerprint density at radius 2 is 1.83 bits per heavy atom. The molecule has 3 nitrogen and oxygen atoms in total. The van der Waals surface area contributed by atoms with Gasteiger partial charge in [-0.05, 0) is 67.6 Å². The molecular weight excluding hydrogens is 310 g/mol. The van der Waals surface area contributed by atoms with E-state index >= 15 is 0 Å². The van der Waals surface area contributed by atoms with Crippen molar-refractivity contribution in [3.63, 3.8) is 0 Å². The van der Waals surface area contributed by atoms with Crippen LogP contribution in [0.25, 0.3) is 0 Å². The van der Waals surface area contributed by atoms with E-state index in [-0.39, 0.29) is 17.3 Å². The molecule has 4 aliphatic rings. The normalized spacial score (nSPS) is 40.8. The molecule has 23 heavy (non-hydrogen) atoms. The molecule has 0 heterocycles. The topological polar surface area (TPSA) is 61.1 Å². The minimum atomic E-state index is -0.738. The summed E-state index contributed by atoms with van der Waals surface area (Å²) >= 11 is 6.04. The number of carboxylic acids is 1. The highest BCUT2D eigenvalue weighted by Gasteiger charge is 2.63. The quantitative estimate of drug-likeness (QED) is 0.893. The smallest absolute Gasteiger partial charge is 0.304 e. The Bertz CT molecular complexity index is 674. The van der Waals surface area contributed by atoms with Crippen LogP contribution in [0.1, 0.15) is 44.1 Å². The molecule has 0 radical (unpaired) electrons. The number of benzene rings is 1. The molecule has 0 aromatic heterocycles. The third-order valence-electron chi connectivity index (χ3n) is 6.71. The van der Waals surface area contributed by atoms with Crippen LogP contribution in [0, 0.1) is 34.5 Å². The number of rotatable bonds is 3. The molecule has 1 N–H and O–H groups in total. The summed E-state index contributed by atoms with van der Waals surface area (Å²) in [5, 5.41) is 20.0. The summed E-state index contributed by atoms with van der Waals surface area (Å²) in [6.07, 6.45) is 5.02. The molecule has 0 amide bonds. The van der Waals surface area contributed by atoms with Crippen LogP contribution in [0.2, 0.25) is 5.02 Å². The van der Waals surface area contributed by atoms with Crippen molar-refractivity contribution in [2.45, 2.75) is 43.9 Å². The molecule has 4 bridgehead atoms. The van der Waals surface area contributed by atoms with Crippen LogP contribution in [0.15, 0.2) is 24.3 Å². The minimum absolute atomic E-state index is 0.165. The predicted molar refractivity (Wildman–Crippen MR) is 87.0 cm³/mol.